The van der Waals surface area contributed by atoms with E-state index in [1.807, 2.05) is 0 Å². The summed E-state index contributed by atoms with van der Waals surface area (Å²) in [5.74, 6) is -1.20. The van der Waals surface area contributed by atoms with Gasteiger partial charge in [0, 0.05) is 22.3 Å². The van der Waals surface area contributed by atoms with Crippen LogP contribution < -0.4 is 10.9 Å². The molecule has 0 aliphatic rings. The van der Waals surface area contributed by atoms with Crippen LogP contribution in [0.3, 0.4) is 0 Å². The summed E-state index contributed by atoms with van der Waals surface area (Å²) in [6.07, 6.45) is -3.22. The predicted octanol–water partition coefficient (Wildman–Crippen LogP) is 4.66. The highest BCUT2D eigenvalue weighted by molar-refractivity contribution is 5.92. The number of alkyl halides is 3. The van der Waals surface area contributed by atoms with E-state index >= 15 is 0 Å². The summed E-state index contributed by atoms with van der Waals surface area (Å²) in [6, 6.07) is 10.9. The number of anilines is 1. The Morgan fingerprint density at radius 1 is 1.03 bits per heavy atom. The molecule has 0 radical (unpaired) electrons. The van der Waals surface area contributed by atoms with Crippen LogP contribution in [0.4, 0.5) is 23.2 Å². The maximum absolute atomic E-state index is 14.2. The van der Waals surface area contributed by atoms with Crippen LogP contribution in [0, 0.1) is 19.7 Å². The van der Waals surface area contributed by atoms with E-state index in [2.05, 4.69) is 10.4 Å². The maximum atomic E-state index is 14.2. The number of aryl methyl sites for hydroxylation is 2. The maximum Gasteiger partial charge on any atom is 0.418 e. The molecule has 0 fully saturated rings. The average Bonchev–Trinajstić information content (AvgIpc) is 3.02. The minimum atomic E-state index is -4.65. The summed E-state index contributed by atoms with van der Waals surface area (Å²) in [6.45, 7) is 3.12. The van der Waals surface area contributed by atoms with Crippen molar-refractivity contribution >= 4 is 22.4 Å². The van der Waals surface area contributed by atoms with Crippen molar-refractivity contribution in [2.45, 2.75) is 33.1 Å². The van der Waals surface area contributed by atoms with Gasteiger partial charge in [-0.25, -0.2) is 9.07 Å². The fourth-order valence-corrected chi connectivity index (χ4v) is 3.96. The molecule has 0 saturated carbocycles. The number of carbonyl (C=O) groups excluding carboxylic acids is 1. The van der Waals surface area contributed by atoms with Crippen molar-refractivity contribution in [3.63, 3.8) is 0 Å². The number of halogens is 4. The van der Waals surface area contributed by atoms with Gasteiger partial charge in [0.15, 0.2) is 0 Å². The molecule has 0 aliphatic carbocycles. The normalized spacial score (nSPS) is 11.7. The van der Waals surface area contributed by atoms with Crippen LogP contribution in [-0.4, -0.2) is 20.3 Å². The predicted molar refractivity (Wildman–Crippen MR) is 119 cm³/mol. The van der Waals surface area contributed by atoms with Crippen molar-refractivity contribution in [2.24, 2.45) is 0 Å². The molecule has 0 unspecified atom stereocenters. The lowest BCUT2D eigenvalue weighted by Gasteiger charge is -2.13. The van der Waals surface area contributed by atoms with E-state index in [0.29, 0.717) is 27.7 Å². The monoisotopic (exact) mass is 472 g/mol. The van der Waals surface area contributed by atoms with Crippen LogP contribution in [0.5, 0.6) is 0 Å². The lowest BCUT2D eigenvalue weighted by molar-refractivity contribution is -0.137. The number of amides is 1. The second kappa shape index (κ2) is 8.77. The van der Waals surface area contributed by atoms with Crippen molar-refractivity contribution < 1.29 is 22.4 Å². The molecule has 1 N–H and O–H groups in total. The number of carbonyl (C=O) groups is 1. The lowest BCUT2D eigenvalue weighted by atomic mass is 10.1. The van der Waals surface area contributed by atoms with Crippen molar-refractivity contribution in [2.75, 3.05) is 5.32 Å². The first kappa shape index (κ1) is 23.2. The smallest absolute Gasteiger partial charge is 0.343 e. The zero-order valence-electron chi connectivity index (χ0n) is 18.3. The molecule has 2 heterocycles. The van der Waals surface area contributed by atoms with Crippen LogP contribution in [0.15, 0.2) is 59.5 Å². The van der Waals surface area contributed by atoms with Crippen LogP contribution in [0.1, 0.15) is 22.5 Å². The highest BCUT2D eigenvalue weighted by Gasteiger charge is 2.33. The van der Waals surface area contributed by atoms with Crippen LogP contribution in [0.25, 0.3) is 10.8 Å². The Kier molecular flexibility index (Phi) is 5.99. The third-order valence-corrected chi connectivity index (χ3v) is 5.69. The summed E-state index contributed by atoms with van der Waals surface area (Å²) in [5.41, 5.74) is -0.238. The summed E-state index contributed by atoms with van der Waals surface area (Å²) in [4.78, 5) is 25.6. The second-order valence-electron chi connectivity index (χ2n) is 7.84. The van der Waals surface area contributed by atoms with E-state index in [0.717, 1.165) is 16.8 Å². The van der Waals surface area contributed by atoms with Gasteiger partial charge in [-0.05, 0) is 32.0 Å². The van der Waals surface area contributed by atoms with E-state index in [1.54, 1.807) is 36.6 Å². The Balaban J connectivity index is 1.65. The van der Waals surface area contributed by atoms with E-state index in [-0.39, 0.29) is 12.4 Å². The van der Waals surface area contributed by atoms with Crippen LogP contribution >= 0.6 is 0 Å². The molecule has 0 saturated heterocycles. The molecular weight excluding hydrogens is 452 g/mol. The van der Waals surface area contributed by atoms with Gasteiger partial charge in [0.2, 0.25) is 5.91 Å². The SMILES string of the molecule is Cc1c2cnn(CC(=O)Nc3ccccc3C(F)(F)F)c(=O)c2c(C)n1Cc1ccccc1F. The van der Waals surface area contributed by atoms with Gasteiger partial charge < -0.3 is 9.88 Å². The fraction of sp³-hybridized carbons (Fsp3) is 0.208. The number of aromatic nitrogens is 3. The van der Waals surface area contributed by atoms with Crippen LogP contribution in [-0.2, 0) is 24.1 Å². The van der Waals surface area contributed by atoms with Crippen LogP contribution in [0.2, 0.25) is 0 Å². The zero-order valence-corrected chi connectivity index (χ0v) is 18.3. The highest BCUT2D eigenvalue weighted by Crippen LogP contribution is 2.34. The summed E-state index contributed by atoms with van der Waals surface area (Å²) in [7, 11) is 0. The molecule has 1 amide bonds. The third-order valence-electron chi connectivity index (χ3n) is 5.69. The molecule has 0 aliphatic heterocycles. The number of nitrogens with zero attached hydrogens (tertiary/aromatic N) is 3. The van der Waals surface area contributed by atoms with Gasteiger partial charge in [-0.15, -0.1) is 0 Å². The topological polar surface area (TPSA) is 68.9 Å². The van der Waals surface area contributed by atoms with Gasteiger partial charge >= 0.3 is 6.18 Å². The summed E-state index contributed by atoms with van der Waals surface area (Å²) in [5, 5.41) is 7.10. The Labute approximate surface area is 191 Å². The molecule has 4 rings (SSSR count). The molecule has 2 aromatic heterocycles. The van der Waals surface area contributed by atoms with Gasteiger partial charge in [0.05, 0.1) is 29.4 Å². The van der Waals surface area contributed by atoms with E-state index in [9.17, 15) is 27.2 Å². The third kappa shape index (κ3) is 4.30. The Bertz CT molecular complexity index is 1450. The molecule has 34 heavy (non-hydrogen) atoms. The Morgan fingerprint density at radius 2 is 1.71 bits per heavy atom. The number of hydrogen-bond acceptors (Lipinski definition) is 3. The van der Waals surface area contributed by atoms with Gasteiger partial charge in [0.1, 0.15) is 12.4 Å². The number of benzene rings is 2. The average molecular weight is 472 g/mol. The molecule has 0 atom stereocenters. The molecule has 6 nitrogen and oxygen atoms in total. The standard InChI is InChI=1S/C24H20F4N4O2/c1-14-17-11-29-32(13-21(33)30-20-10-6-4-8-18(20)24(26,27)28)23(34)22(17)15(2)31(14)12-16-7-3-5-9-19(16)25/h3-11H,12-13H2,1-2H3,(H,30,33). The first-order valence-electron chi connectivity index (χ1n) is 10.3. The highest BCUT2D eigenvalue weighted by atomic mass is 19.4. The minimum absolute atomic E-state index is 0.202. The van der Waals surface area contributed by atoms with Crippen molar-refractivity contribution in [1.82, 2.24) is 14.3 Å². The number of hydrogen-bond donors (Lipinski definition) is 1. The van der Waals surface area contributed by atoms with E-state index in [4.69, 9.17) is 0 Å². The summed E-state index contributed by atoms with van der Waals surface area (Å²) < 4.78 is 56.4. The van der Waals surface area contributed by atoms with Crippen molar-refractivity contribution in [1.29, 1.82) is 0 Å². The molecule has 2 aromatic carbocycles. The van der Waals surface area contributed by atoms with Crippen molar-refractivity contribution in [3.05, 3.63) is 93.4 Å². The first-order valence-corrected chi connectivity index (χ1v) is 10.3. The number of para-hydroxylation sites is 1. The van der Waals surface area contributed by atoms with E-state index in [1.165, 1.54) is 24.4 Å². The number of rotatable bonds is 5. The van der Waals surface area contributed by atoms with E-state index < -0.39 is 35.4 Å². The van der Waals surface area contributed by atoms with Crippen molar-refractivity contribution in [3.8, 4) is 0 Å². The lowest BCUT2D eigenvalue weighted by Crippen LogP contribution is -2.30. The molecule has 176 valence electrons. The Hall–Kier alpha value is -3.95. The fourth-order valence-electron chi connectivity index (χ4n) is 3.96. The second-order valence-corrected chi connectivity index (χ2v) is 7.84. The van der Waals surface area contributed by atoms with Gasteiger partial charge in [-0.1, -0.05) is 30.3 Å². The quantitative estimate of drug-likeness (QED) is 0.430. The zero-order chi connectivity index (χ0) is 24.6. The number of nitrogens with one attached hydrogen (secondary N) is 1. The molecular formula is C24H20F4N4O2. The minimum Gasteiger partial charge on any atom is -0.343 e. The number of fused-ring (bicyclic) bond motifs is 1. The van der Waals surface area contributed by atoms with Gasteiger partial charge in [-0.3, -0.25) is 9.59 Å². The van der Waals surface area contributed by atoms with Gasteiger partial charge in [-0.2, -0.15) is 18.3 Å². The molecule has 4 aromatic rings. The largest absolute Gasteiger partial charge is 0.418 e. The summed E-state index contributed by atoms with van der Waals surface area (Å²) >= 11 is 0. The molecule has 10 heteroatoms. The van der Waals surface area contributed by atoms with Gasteiger partial charge in [0.25, 0.3) is 5.56 Å². The molecule has 0 spiro atoms. The molecule has 0 bridgehead atoms. The Morgan fingerprint density at radius 3 is 2.41 bits per heavy atom. The first-order chi connectivity index (χ1) is 16.1.